The summed E-state index contributed by atoms with van der Waals surface area (Å²) in [5.74, 6) is -0.311. The van der Waals surface area contributed by atoms with Gasteiger partial charge in [0.1, 0.15) is 6.10 Å². The molecule has 1 saturated carbocycles. The molecule has 1 aliphatic carbocycles. The van der Waals surface area contributed by atoms with E-state index in [0.717, 1.165) is 12.8 Å². The zero-order valence-electron chi connectivity index (χ0n) is 8.21. The van der Waals surface area contributed by atoms with Crippen LogP contribution < -0.4 is 0 Å². The highest BCUT2D eigenvalue weighted by Crippen LogP contribution is 2.26. The van der Waals surface area contributed by atoms with Crippen LogP contribution in [0, 0.1) is 0 Å². The van der Waals surface area contributed by atoms with Gasteiger partial charge in [-0.15, -0.1) is 0 Å². The number of carbonyl (C=O) groups excluding carboxylic acids is 1. The van der Waals surface area contributed by atoms with E-state index in [0.29, 0.717) is 12.2 Å². The molecule has 13 heavy (non-hydrogen) atoms. The van der Waals surface area contributed by atoms with E-state index in [-0.39, 0.29) is 18.2 Å². The lowest BCUT2D eigenvalue weighted by atomic mass is 9.92. The van der Waals surface area contributed by atoms with Crippen molar-refractivity contribution in [3.05, 3.63) is 12.2 Å². The maximum absolute atomic E-state index is 11.1. The van der Waals surface area contributed by atoms with Crippen LogP contribution in [0.15, 0.2) is 12.2 Å². The lowest BCUT2D eigenvalue weighted by molar-refractivity contribution is -0.165. The topological polar surface area (TPSA) is 35.5 Å². The zero-order chi connectivity index (χ0) is 9.84. The summed E-state index contributed by atoms with van der Waals surface area (Å²) in [6.45, 7) is 7.78. The Labute approximate surface area is 78.7 Å². The summed E-state index contributed by atoms with van der Waals surface area (Å²) in [6, 6.07) is 0. The normalized spacial score (nSPS) is 26.3. The number of rotatable bonds is 4. The predicted molar refractivity (Wildman–Crippen MR) is 49.3 cm³/mol. The molecule has 2 unspecified atom stereocenters. The molecule has 0 heterocycles. The molecule has 1 fully saturated rings. The lowest BCUT2D eigenvalue weighted by Gasteiger charge is -2.35. The van der Waals surface area contributed by atoms with Crippen LogP contribution in [0.4, 0.5) is 0 Å². The minimum atomic E-state index is -0.311. The smallest absolute Gasteiger partial charge is 0.333 e. The van der Waals surface area contributed by atoms with Crippen molar-refractivity contribution in [2.24, 2.45) is 0 Å². The highest BCUT2D eigenvalue weighted by molar-refractivity contribution is 5.87. The summed E-state index contributed by atoms with van der Waals surface area (Å²) in [5.41, 5.74) is 0.446. The number of hydrogen-bond donors (Lipinski definition) is 0. The van der Waals surface area contributed by atoms with Gasteiger partial charge in [0, 0.05) is 12.2 Å². The average molecular weight is 184 g/mol. The van der Waals surface area contributed by atoms with Crippen LogP contribution in [0.3, 0.4) is 0 Å². The Hall–Kier alpha value is -0.830. The van der Waals surface area contributed by atoms with Crippen LogP contribution in [0.25, 0.3) is 0 Å². The Morgan fingerprint density at radius 2 is 2.08 bits per heavy atom. The van der Waals surface area contributed by atoms with E-state index in [1.165, 1.54) is 0 Å². The van der Waals surface area contributed by atoms with Crippen LogP contribution >= 0.6 is 0 Å². The Balaban J connectivity index is 2.29. The molecule has 3 heteroatoms. The summed E-state index contributed by atoms with van der Waals surface area (Å²) in [4.78, 5) is 11.1. The first-order valence-electron chi connectivity index (χ1n) is 4.63. The van der Waals surface area contributed by atoms with Gasteiger partial charge in [0.15, 0.2) is 0 Å². The molecule has 0 aromatic heterocycles. The molecule has 0 saturated heterocycles. The Morgan fingerprint density at radius 1 is 1.46 bits per heavy atom. The molecule has 0 aromatic rings. The highest BCUT2D eigenvalue weighted by Gasteiger charge is 2.34. The molecule has 0 N–H and O–H groups in total. The zero-order valence-corrected chi connectivity index (χ0v) is 8.21. The van der Waals surface area contributed by atoms with E-state index in [9.17, 15) is 4.79 Å². The molecular weight excluding hydrogens is 168 g/mol. The van der Waals surface area contributed by atoms with Crippen LogP contribution in [0.1, 0.15) is 26.7 Å². The third-order valence-electron chi connectivity index (χ3n) is 2.14. The van der Waals surface area contributed by atoms with Crippen LogP contribution in [-0.4, -0.2) is 24.8 Å². The summed E-state index contributed by atoms with van der Waals surface area (Å²) in [7, 11) is 0. The molecule has 0 bridgehead atoms. The quantitative estimate of drug-likeness (QED) is 0.492. The van der Waals surface area contributed by atoms with Gasteiger partial charge in [0.2, 0.25) is 0 Å². The maximum atomic E-state index is 11.1. The van der Waals surface area contributed by atoms with Gasteiger partial charge in [-0.2, -0.15) is 0 Å². The van der Waals surface area contributed by atoms with Gasteiger partial charge in [-0.05, 0) is 26.7 Å². The molecule has 0 aromatic carbocycles. The second-order valence-corrected chi connectivity index (χ2v) is 3.30. The molecule has 1 rings (SSSR count). The number of ether oxygens (including phenoxy) is 2. The van der Waals surface area contributed by atoms with E-state index in [2.05, 4.69) is 6.58 Å². The van der Waals surface area contributed by atoms with Gasteiger partial charge in [-0.25, -0.2) is 4.79 Å². The maximum Gasteiger partial charge on any atom is 0.333 e. The largest absolute Gasteiger partial charge is 0.456 e. The molecular formula is C10H16O3. The molecule has 0 aliphatic heterocycles. The van der Waals surface area contributed by atoms with Crippen molar-refractivity contribution in [1.29, 1.82) is 0 Å². The molecule has 3 nitrogen and oxygen atoms in total. The molecule has 74 valence electrons. The van der Waals surface area contributed by atoms with Gasteiger partial charge in [0.05, 0.1) is 6.10 Å². The van der Waals surface area contributed by atoms with Crippen molar-refractivity contribution in [2.45, 2.75) is 38.9 Å². The van der Waals surface area contributed by atoms with Gasteiger partial charge in [-0.3, -0.25) is 0 Å². The summed E-state index contributed by atoms with van der Waals surface area (Å²) in [6.07, 6.45) is 1.95. The minimum absolute atomic E-state index is 0.0517. The molecule has 0 radical (unpaired) electrons. The summed E-state index contributed by atoms with van der Waals surface area (Å²) >= 11 is 0. The van der Waals surface area contributed by atoms with Crippen molar-refractivity contribution < 1.29 is 14.3 Å². The average Bonchev–Trinajstić information content (AvgIpc) is 2.07. The summed E-state index contributed by atoms with van der Waals surface area (Å²) in [5, 5.41) is 0. The van der Waals surface area contributed by atoms with E-state index in [1.54, 1.807) is 6.92 Å². The van der Waals surface area contributed by atoms with Crippen molar-refractivity contribution in [3.63, 3.8) is 0 Å². The third kappa shape index (κ3) is 2.56. The molecule has 2 atom stereocenters. The predicted octanol–water partition coefficient (Wildman–Crippen LogP) is 1.67. The second kappa shape index (κ2) is 4.42. The van der Waals surface area contributed by atoms with Crippen molar-refractivity contribution in [1.82, 2.24) is 0 Å². The van der Waals surface area contributed by atoms with Crippen molar-refractivity contribution in [2.75, 3.05) is 6.61 Å². The fourth-order valence-corrected chi connectivity index (χ4v) is 1.22. The van der Waals surface area contributed by atoms with Crippen molar-refractivity contribution >= 4 is 5.97 Å². The van der Waals surface area contributed by atoms with E-state index >= 15 is 0 Å². The molecule has 1 aliphatic rings. The number of carbonyl (C=O) groups is 1. The number of esters is 1. The minimum Gasteiger partial charge on any atom is -0.456 e. The Morgan fingerprint density at radius 3 is 2.46 bits per heavy atom. The Bertz CT molecular complexity index is 210. The molecule has 0 amide bonds. The standard InChI is InChI=1S/C10H16O3/c1-4-12-8-5-6-9(8)13-10(11)7(2)3/h8-9H,2,4-6H2,1,3H3. The monoisotopic (exact) mass is 184 g/mol. The van der Waals surface area contributed by atoms with Crippen LogP contribution in [0.2, 0.25) is 0 Å². The third-order valence-corrected chi connectivity index (χ3v) is 2.14. The summed E-state index contributed by atoms with van der Waals surface area (Å²) < 4.78 is 10.5. The van der Waals surface area contributed by atoms with Crippen LogP contribution in [-0.2, 0) is 14.3 Å². The lowest BCUT2D eigenvalue weighted by Crippen LogP contribution is -2.42. The highest BCUT2D eigenvalue weighted by atomic mass is 16.6. The first-order valence-corrected chi connectivity index (χ1v) is 4.63. The van der Waals surface area contributed by atoms with Gasteiger partial charge < -0.3 is 9.47 Å². The Kier molecular flexibility index (Phi) is 3.48. The SMILES string of the molecule is C=C(C)C(=O)OC1CCC1OCC. The van der Waals surface area contributed by atoms with Gasteiger partial charge in [-0.1, -0.05) is 6.58 Å². The van der Waals surface area contributed by atoms with Gasteiger partial charge in [0.25, 0.3) is 0 Å². The van der Waals surface area contributed by atoms with E-state index in [4.69, 9.17) is 9.47 Å². The second-order valence-electron chi connectivity index (χ2n) is 3.30. The van der Waals surface area contributed by atoms with Crippen molar-refractivity contribution in [3.8, 4) is 0 Å². The van der Waals surface area contributed by atoms with Crippen LogP contribution in [0.5, 0.6) is 0 Å². The number of hydrogen-bond acceptors (Lipinski definition) is 3. The van der Waals surface area contributed by atoms with E-state index in [1.807, 2.05) is 6.92 Å². The molecule has 0 spiro atoms. The van der Waals surface area contributed by atoms with E-state index < -0.39 is 0 Å². The first-order chi connectivity index (χ1) is 6.15. The first kappa shape index (κ1) is 10.3. The fourth-order valence-electron chi connectivity index (χ4n) is 1.22. The fraction of sp³-hybridized carbons (Fsp3) is 0.700. The van der Waals surface area contributed by atoms with Gasteiger partial charge >= 0.3 is 5.97 Å².